The number of hydrogen-bond acceptors (Lipinski definition) is 6. The zero-order chi connectivity index (χ0) is 31.8. The van der Waals surface area contributed by atoms with Crippen molar-refractivity contribution in [3.63, 3.8) is 0 Å². The monoisotopic (exact) mass is 622 g/mol. The third-order valence-electron chi connectivity index (χ3n) is 9.92. The summed E-state index contributed by atoms with van der Waals surface area (Å²) >= 11 is 0. The van der Waals surface area contributed by atoms with Gasteiger partial charge in [-0.05, 0) is 61.8 Å². The number of unbranched alkanes of at least 4 members (excludes halogenated alkanes) is 1. The molecule has 3 aliphatic rings. The first-order chi connectivity index (χ1) is 22.5. The molecule has 3 fully saturated rings. The fraction of sp³-hybridized carbons (Fsp3) is 0.447. The van der Waals surface area contributed by atoms with Crippen molar-refractivity contribution >= 4 is 17.8 Å². The number of benzene rings is 3. The summed E-state index contributed by atoms with van der Waals surface area (Å²) in [6, 6.07) is 29.4. The molecule has 46 heavy (non-hydrogen) atoms. The lowest BCUT2D eigenvalue weighted by molar-refractivity contribution is -0.167. The number of amides is 2. The second-order valence-electron chi connectivity index (χ2n) is 13.1. The molecule has 0 radical (unpaired) electrons. The Balaban J connectivity index is 1.11. The molecule has 6 rings (SSSR count). The number of piperidine rings is 1. The molecule has 3 aliphatic heterocycles. The van der Waals surface area contributed by atoms with Crippen molar-refractivity contribution in [2.45, 2.75) is 75.7 Å². The van der Waals surface area contributed by atoms with E-state index in [2.05, 4.69) is 57.6 Å². The summed E-state index contributed by atoms with van der Waals surface area (Å²) in [5.74, 6) is -0.766. The Morgan fingerprint density at radius 2 is 1.41 bits per heavy atom. The highest BCUT2D eigenvalue weighted by Gasteiger charge is 2.56. The summed E-state index contributed by atoms with van der Waals surface area (Å²) in [5.41, 5.74) is 2.59. The summed E-state index contributed by atoms with van der Waals surface area (Å²) in [4.78, 5) is 48.0. The molecule has 3 aromatic carbocycles. The summed E-state index contributed by atoms with van der Waals surface area (Å²) in [6.45, 7) is 5.05. The topological polar surface area (TPSA) is 82.2 Å². The Kier molecular flexibility index (Phi) is 10.5. The van der Waals surface area contributed by atoms with Crippen LogP contribution in [-0.2, 0) is 38.7 Å². The first-order valence-electron chi connectivity index (χ1n) is 16.9. The van der Waals surface area contributed by atoms with E-state index in [1.165, 1.54) is 11.1 Å². The lowest BCUT2D eigenvalue weighted by Crippen LogP contribution is -2.75. The van der Waals surface area contributed by atoms with Crippen LogP contribution in [0, 0.1) is 0 Å². The predicted molar refractivity (Wildman–Crippen MR) is 178 cm³/mol. The van der Waals surface area contributed by atoms with Gasteiger partial charge in [0.25, 0.3) is 0 Å². The smallest absolute Gasteiger partial charge is 0.308 e. The van der Waals surface area contributed by atoms with Crippen LogP contribution in [0.5, 0.6) is 0 Å². The number of ether oxygens (including phenoxy) is 1. The molecule has 0 bridgehead atoms. The van der Waals surface area contributed by atoms with Crippen molar-refractivity contribution in [3.8, 4) is 0 Å². The second kappa shape index (κ2) is 15.1. The molecule has 2 atom stereocenters. The summed E-state index contributed by atoms with van der Waals surface area (Å²) in [6.07, 6.45) is 5.13. The van der Waals surface area contributed by atoms with E-state index in [1.807, 2.05) is 53.4 Å². The highest BCUT2D eigenvalue weighted by atomic mass is 16.5. The maximum absolute atomic E-state index is 14.3. The zero-order valence-electron chi connectivity index (χ0n) is 26.7. The summed E-state index contributed by atoms with van der Waals surface area (Å²) in [5, 5.41) is 2.98. The molecular formula is C38H46N4O4. The van der Waals surface area contributed by atoms with E-state index in [4.69, 9.17) is 4.74 Å². The minimum atomic E-state index is -0.916. The van der Waals surface area contributed by atoms with Gasteiger partial charge >= 0.3 is 5.97 Å². The molecule has 242 valence electrons. The van der Waals surface area contributed by atoms with Gasteiger partial charge in [-0.15, -0.1) is 0 Å². The molecule has 2 unspecified atom stereocenters. The van der Waals surface area contributed by atoms with E-state index in [-0.39, 0.29) is 30.9 Å². The van der Waals surface area contributed by atoms with Gasteiger partial charge in [0.2, 0.25) is 11.8 Å². The van der Waals surface area contributed by atoms with Crippen molar-refractivity contribution in [1.29, 1.82) is 0 Å². The van der Waals surface area contributed by atoms with Crippen LogP contribution in [-0.4, -0.2) is 82.8 Å². The van der Waals surface area contributed by atoms with E-state index in [0.717, 1.165) is 64.0 Å². The molecule has 2 amide bonds. The second-order valence-corrected chi connectivity index (χ2v) is 13.1. The number of hydrogen-bond donors (Lipinski definition) is 1. The first kappa shape index (κ1) is 32.0. The lowest BCUT2D eigenvalue weighted by Gasteiger charge is -2.53. The molecule has 1 N–H and O–H groups in total. The quantitative estimate of drug-likeness (QED) is 0.235. The third-order valence-corrected chi connectivity index (χ3v) is 9.92. The van der Waals surface area contributed by atoms with E-state index in [9.17, 15) is 14.4 Å². The van der Waals surface area contributed by atoms with E-state index >= 15 is 0 Å². The number of carbonyl (C=O) groups is 3. The molecule has 3 saturated heterocycles. The molecular weight excluding hydrogens is 576 g/mol. The van der Waals surface area contributed by atoms with Crippen LogP contribution >= 0.6 is 0 Å². The van der Waals surface area contributed by atoms with Crippen molar-refractivity contribution in [3.05, 3.63) is 108 Å². The number of aryl methyl sites for hydroxylation is 1. The molecule has 0 saturated carbocycles. The standard InChI is InChI=1S/C38H46N4O4/c43-35(46-29-32-17-8-3-9-18-32)26-34-36(44)42(33-19-23-41(28-33)27-31-15-6-2-7-16-31)38(37(45)39-34)20-24-40(25-21-38)22-11-10-14-30-12-4-1-5-13-30/h1-9,12-13,15-18,33-34H,10-11,14,19-29H2,(H,39,45). The summed E-state index contributed by atoms with van der Waals surface area (Å²) in [7, 11) is 0. The Morgan fingerprint density at radius 3 is 2.09 bits per heavy atom. The van der Waals surface area contributed by atoms with Gasteiger partial charge in [0.1, 0.15) is 18.2 Å². The van der Waals surface area contributed by atoms with Gasteiger partial charge in [-0.1, -0.05) is 91.0 Å². The molecule has 1 spiro atoms. The largest absolute Gasteiger partial charge is 0.461 e. The number of nitrogens with one attached hydrogen (secondary N) is 1. The van der Waals surface area contributed by atoms with Crippen LogP contribution in [0.2, 0.25) is 0 Å². The molecule has 8 nitrogen and oxygen atoms in total. The van der Waals surface area contributed by atoms with Crippen LogP contribution in [0.15, 0.2) is 91.0 Å². The van der Waals surface area contributed by atoms with E-state index in [0.29, 0.717) is 19.4 Å². The Bertz CT molecular complexity index is 1440. The van der Waals surface area contributed by atoms with Crippen LogP contribution in [0.3, 0.4) is 0 Å². The van der Waals surface area contributed by atoms with Gasteiger partial charge in [-0.3, -0.25) is 19.3 Å². The fourth-order valence-corrected chi connectivity index (χ4v) is 7.41. The van der Waals surface area contributed by atoms with Crippen molar-refractivity contribution in [2.75, 3.05) is 32.7 Å². The average Bonchev–Trinajstić information content (AvgIpc) is 3.54. The Labute approximate surface area is 272 Å². The minimum Gasteiger partial charge on any atom is -0.461 e. The fourth-order valence-electron chi connectivity index (χ4n) is 7.41. The van der Waals surface area contributed by atoms with Crippen LogP contribution in [0.1, 0.15) is 55.2 Å². The molecule has 0 aliphatic carbocycles. The maximum atomic E-state index is 14.3. The number of rotatable bonds is 12. The molecule has 8 heteroatoms. The van der Waals surface area contributed by atoms with E-state index < -0.39 is 17.6 Å². The van der Waals surface area contributed by atoms with Crippen LogP contribution < -0.4 is 5.32 Å². The Morgan fingerprint density at radius 1 is 0.783 bits per heavy atom. The maximum Gasteiger partial charge on any atom is 0.308 e. The lowest BCUT2D eigenvalue weighted by atomic mass is 9.80. The van der Waals surface area contributed by atoms with Gasteiger partial charge in [-0.2, -0.15) is 0 Å². The first-order valence-corrected chi connectivity index (χ1v) is 16.9. The number of esters is 1. The SMILES string of the molecule is O=C(CC1NC(=O)C2(CCN(CCCCc3ccccc3)CC2)N(C2CCN(Cc3ccccc3)C2)C1=O)OCc1ccccc1. The van der Waals surface area contributed by atoms with Crippen molar-refractivity contribution in [2.24, 2.45) is 0 Å². The zero-order valence-corrected chi connectivity index (χ0v) is 26.7. The van der Waals surface area contributed by atoms with Gasteiger partial charge in [0.15, 0.2) is 0 Å². The van der Waals surface area contributed by atoms with Crippen molar-refractivity contribution < 1.29 is 19.1 Å². The minimum absolute atomic E-state index is 0.0810. The predicted octanol–water partition coefficient (Wildman–Crippen LogP) is 4.58. The normalized spacial score (nSPS) is 21.8. The van der Waals surface area contributed by atoms with Crippen molar-refractivity contribution in [1.82, 2.24) is 20.0 Å². The number of carbonyl (C=O) groups excluding carboxylic acids is 3. The Hall–Kier alpha value is -4.01. The van der Waals surface area contributed by atoms with E-state index in [1.54, 1.807) is 0 Å². The molecule has 0 aromatic heterocycles. The number of piperazine rings is 1. The van der Waals surface area contributed by atoms with Gasteiger partial charge in [-0.25, -0.2) is 0 Å². The molecule has 3 heterocycles. The van der Waals surface area contributed by atoms with Gasteiger partial charge in [0, 0.05) is 38.8 Å². The van der Waals surface area contributed by atoms with Gasteiger partial charge in [0.05, 0.1) is 6.42 Å². The summed E-state index contributed by atoms with van der Waals surface area (Å²) < 4.78 is 5.51. The highest BCUT2D eigenvalue weighted by molar-refractivity contribution is 6.01. The third kappa shape index (κ3) is 7.68. The number of likely N-dealkylation sites (tertiary alicyclic amines) is 2. The van der Waals surface area contributed by atoms with Crippen LogP contribution in [0.4, 0.5) is 0 Å². The van der Waals surface area contributed by atoms with Gasteiger partial charge < -0.3 is 19.9 Å². The molecule has 3 aromatic rings. The number of nitrogens with zero attached hydrogens (tertiary/aromatic N) is 3. The average molecular weight is 623 g/mol. The highest BCUT2D eigenvalue weighted by Crippen LogP contribution is 2.37. The van der Waals surface area contributed by atoms with Crippen LogP contribution in [0.25, 0.3) is 0 Å².